The summed E-state index contributed by atoms with van der Waals surface area (Å²) in [6.45, 7) is 6.15. The standard InChI is InChI=1S/C15H25N3O4/c1-4-6-12-16-13(22-17-12)7-5-8-14(19)18(9-11(2)3)10-15(20)21/h11H,4-10H2,1-3H3,(H,20,21). The van der Waals surface area contributed by atoms with E-state index in [2.05, 4.69) is 10.1 Å². The SMILES string of the molecule is CCCc1noc(CCCC(=O)N(CC(=O)O)CC(C)C)n1. The van der Waals surface area contributed by atoms with Crippen LogP contribution in [0.2, 0.25) is 0 Å². The molecule has 1 heterocycles. The Balaban J connectivity index is 2.42. The maximum absolute atomic E-state index is 12.1. The van der Waals surface area contributed by atoms with E-state index in [0.717, 1.165) is 12.8 Å². The van der Waals surface area contributed by atoms with Crippen LogP contribution in [0.5, 0.6) is 0 Å². The maximum atomic E-state index is 12.1. The summed E-state index contributed by atoms with van der Waals surface area (Å²) in [7, 11) is 0. The maximum Gasteiger partial charge on any atom is 0.323 e. The zero-order valence-electron chi connectivity index (χ0n) is 13.5. The number of aliphatic carboxylic acids is 1. The first-order valence-corrected chi connectivity index (χ1v) is 7.73. The molecule has 0 unspecified atom stereocenters. The van der Waals surface area contributed by atoms with Crippen molar-refractivity contribution in [2.45, 2.75) is 52.9 Å². The van der Waals surface area contributed by atoms with Crippen LogP contribution in [0.1, 0.15) is 51.7 Å². The third-order valence-corrected chi connectivity index (χ3v) is 3.03. The molecule has 0 saturated heterocycles. The Hall–Kier alpha value is -1.92. The zero-order chi connectivity index (χ0) is 16.5. The van der Waals surface area contributed by atoms with Crippen molar-refractivity contribution in [3.63, 3.8) is 0 Å². The van der Waals surface area contributed by atoms with Gasteiger partial charge in [0.25, 0.3) is 0 Å². The number of hydrogen-bond donors (Lipinski definition) is 1. The van der Waals surface area contributed by atoms with Crippen molar-refractivity contribution in [1.29, 1.82) is 0 Å². The van der Waals surface area contributed by atoms with Crippen LogP contribution in [-0.2, 0) is 22.4 Å². The molecular formula is C15H25N3O4. The first-order chi connectivity index (χ1) is 10.4. The molecule has 22 heavy (non-hydrogen) atoms. The minimum absolute atomic E-state index is 0.149. The zero-order valence-corrected chi connectivity index (χ0v) is 13.5. The van der Waals surface area contributed by atoms with Gasteiger partial charge in [0.2, 0.25) is 11.8 Å². The highest BCUT2D eigenvalue weighted by atomic mass is 16.5. The molecule has 0 aromatic carbocycles. The molecule has 0 fully saturated rings. The summed E-state index contributed by atoms with van der Waals surface area (Å²) in [6, 6.07) is 0. The van der Waals surface area contributed by atoms with Gasteiger partial charge in [-0.25, -0.2) is 0 Å². The lowest BCUT2D eigenvalue weighted by atomic mass is 10.1. The smallest absolute Gasteiger partial charge is 0.323 e. The summed E-state index contributed by atoms with van der Waals surface area (Å²) in [4.78, 5) is 28.6. The Bertz CT molecular complexity index is 485. The predicted octanol–water partition coefficient (Wildman–Crippen LogP) is 1.91. The van der Waals surface area contributed by atoms with E-state index >= 15 is 0 Å². The number of carboxylic acids is 1. The van der Waals surface area contributed by atoms with E-state index in [1.54, 1.807) is 0 Å². The Morgan fingerprint density at radius 1 is 1.32 bits per heavy atom. The number of hydrogen-bond acceptors (Lipinski definition) is 5. The lowest BCUT2D eigenvalue weighted by molar-refractivity contribution is -0.144. The highest BCUT2D eigenvalue weighted by molar-refractivity contribution is 5.81. The third-order valence-electron chi connectivity index (χ3n) is 3.03. The lowest BCUT2D eigenvalue weighted by Gasteiger charge is -2.22. The van der Waals surface area contributed by atoms with Crippen molar-refractivity contribution in [3.8, 4) is 0 Å². The molecule has 7 heteroatoms. The Morgan fingerprint density at radius 3 is 2.64 bits per heavy atom. The molecule has 124 valence electrons. The van der Waals surface area contributed by atoms with Crippen molar-refractivity contribution in [3.05, 3.63) is 11.7 Å². The molecule has 0 aliphatic carbocycles. The fourth-order valence-electron chi connectivity index (χ4n) is 2.12. The van der Waals surface area contributed by atoms with Crippen LogP contribution in [0, 0.1) is 5.92 Å². The second-order valence-electron chi connectivity index (χ2n) is 5.77. The first-order valence-electron chi connectivity index (χ1n) is 7.73. The van der Waals surface area contributed by atoms with E-state index in [1.165, 1.54) is 4.90 Å². The summed E-state index contributed by atoms with van der Waals surface area (Å²) >= 11 is 0. The van der Waals surface area contributed by atoms with Crippen molar-refractivity contribution >= 4 is 11.9 Å². The highest BCUT2D eigenvalue weighted by Crippen LogP contribution is 2.08. The fourth-order valence-corrected chi connectivity index (χ4v) is 2.12. The number of carbonyl (C=O) groups excluding carboxylic acids is 1. The molecule has 0 aliphatic heterocycles. The first kappa shape index (κ1) is 18.1. The summed E-state index contributed by atoms with van der Waals surface area (Å²) in [5.74, 6) is 0.316. The van der Waals surface area contributed by atoms with Gasteiger partial charge in [-0.1, -0.05) is 25.9 Å². The molecule has 1 aromatic heterocycles. The van der Waals surface area contributed by atoms with Gasteiger partial charge >= 0.3 is 5.97 Å². The minimum Gasteiger partial charge on any atom is -0.480 e. The Kier molecular flexibility index (Phi) is 7.56. The van der Waals surface area contributed by atoms with Crippen molar-refractivity contribution in [1.82, 2.24) is 15.0 Å². The molecule has 1 N–H and O–H groups in total. The van der Waals surface area contributed by atoms with Gasteiger partial charge in [-0.2, -0.15) is 4.98 Å². The molecular weight excluding hydrogens is 286 g/mol. The monoisotopic (exact) mass is 311 g/mol. The number of amides is 1. The van der Waals surface area contributed by atoms with Crippen molar-refractivity contribution in [2.75, 3.05) is 13.1 Å². The van der Waals surface area contributed by atoms with Crippen LogP contribution in [0.3, 0.4) is 0 Å². The lowest BCUT2D eigenvalue weighted by Crippen LogP contribution is -2.38. The molecule has 1 aromatic rings. The summed E-state index contributed by atoms with van der Waals surface area (Å²) in [5.41, 5.74) is 0. The van der Waals surface area contributed by atoms with Gasteiger partial charge < -0.3 is 14.5 Å². The molecule has 1 amide bonds. The highest BCUT2D eigenvalue weighted by Gasteiger charge is 2.18. The number of carbonyl (C=O) groups is 2. The number of carboxylic acid groups (broad SMARTS) is 1. The average Bonchev–Trinajstić information content (AvgIpc) is 2.85. The Labute approximate surface area is 130 Å². The van der Waals surface area contributed by atoms with Gasteiger partial charge in [-0.05, 0) is 18.8 Å². The summed E-state index contributed by atoms with van der Waals surface area (Å²) in [6.07, 6.45) is 3.12. The van der Waals surface area contributed by atoms with E-state index < -0.39 is 5.97 Å². The number of nitrogens with zero attached hydrogens (tertiary/aromatic N) is 3. The summed E-state index contributed by atoms with van der Waals surface area (Å²) < 4.78 is 5.11. The van der Waals surface area contributed by atoms with Gasteiger partial charge in [0.05, 0.1) is 0 Å². The van der Waals surface area contributed by atoms with Crippen LogP contribution in [-0.4, -0.2) is 45.1 Å². The largest absolute Gasteiger partial charge is 0.480 e. The van der Waals surface area contributed by atoms with Crippen LogP contribution in [0.25, 0.3) is 0 Å². The minimum atomic E-state index is -0.991. The normalized spacial score (nSPS) is 10.9. The fraction of sp³-hybridized carbons (Fsp3) is 0.733. The van der Waals surface area contributed by atoms with Gasteiger partial charge in [0.1, 0.15) is 6.54 Å². The number of rotatable bonds is 10. The van der Waals surface area contributed by atoms with E-state index in [4.69, 9.17) is 9.63 Å². The van der Waals surface area contributed by atoms with Crippen molar-refractivity contribution < 1.29 is 19.2 Å². The molecule has 1 rings (SSSR count). The molecule has 0 saturated carbocycles. The van der Waals surface area contributed by atoms with Gasteiger partial charge in [-0.3, -0.25) is 9.59 Å². The second-order valence-corrected chi connectivity index (χ2v) is 5.77. The van der Waals surface area contributed by atoms with Crippen LogP contribution in [0.4, 0.5) is 0 Å². The van der Waals surface area contributed by atoms with Gasteiger partial charge in [0, 0.05) is 25.8 Å². The van der Waals surface area contributed by atoms with E-state index in [9.17, 15) is 9.59 Å². The molecule has 0 bridgehead atoms. The predicted molar refractivity (Wildman–Crippen MR) is 80.3 cm³/mol. The van der Waals surface area contributed by atoms with Gasteiger partial charge in [-0.15, -0.1) is 0 Å². The molecule has 0 radical (unpaired) electrons. The van der Waals surface area contributed by atoms with Crippen LogP contribution < -0.4 is 0 Å². The Morgan fingerprint density at radius 2 is 2.05 bits per heavy atom. The second kappa shape index (κ2) is 9.17. The van der Waals surface area contributed by atoms with E-state index in [-0.39, 0.29) is 24.8 Å². The van der Waals surface area contributed by atoms with Crippen LogP contribution in [0.15, 0.2) is 4.52 Å². The van der Waals surface area contributed by atoms with Crippen molar-refractivity contribution in [2.24, 2.45) is 5.92 Å². The number of aromatic nitrogens is 2. The number of aryl methyl sites for hydroxylation is 2. The topological polar surface area (TPSA) is 96.5 Å². The molecule has 0 atom stereocenters. The van der Waals surface area contributed by atoms with Gasteiger partial charge in [0.15, 0.2) is 5.82 Å². The third kappa shape index (κ3) is 6.69. The molecule has 0 aliphatic rings. The summed E-state index contributed by atoms with van der Waals surface area (Å²) in [5, 5.41) is 12.7. The molecule has 7 nitrogen and oxygen atoms in total. The quantitative estimate of drug-likeness (QED) is 0.709. The van der Waals surface area contributed by atoms with E-state index in [1.807, 2.05) is 20.8 Å². The average molecular weight is 311 g/mol. The molecule has 0 spiro atoms. The van der Waals surface area contributed by atoms with E-state index in [0.29, 0.717) is 31.1 Å². The van der Waals surface area contributed by atoms with Crippen LogP contribution >= 0.6 is 0 Å².